The van der Waals surface area contributed by atoms with Crippen molar-refractivity contribution < 1.29 is 8.78 Å². The molecule has 2 aliphatic rings. The molecule has 0 nitrogen and oxygen atoms in total. The van der Waals surface area contributed by atoms with Crippen LogP contribution in [0.2, 0.25) is 0 Å². The van der Waals surface area contributed by atoms with E-state index < -0.39 is 6.43 Å². The predicted molar refractivity (Wildman–Crippen MR) is 34.8 cm³/mol. The molecule has 2 rings (SSSR count). The third-order valence-electron chi connectivity index (χ3n) is 2.65. The summed E-state index contributed by atoms with van der Waals surface area (Å²) in [7, 11) is 0. The fourth-order valence-corrected chi connectivity index (χ4v) is 2.11. The van der Waals surface area contributed by atoms with Gasteiger partial charge < -0.3 is 0 Å². The van der Waals surface area contributed by atoms with E-state index in [-0.39, 0.29) is 11.8 Å². The van der Waals surface area contributed by atoms with Gasteiger partial charge in [0.15, 0.2) is 0 Å². The fraction of sp³-hybridized carbons (Fsp3) is 0.750. The molecule has 0 aromatic carbocycles. The zero-order valence-corrected chi connectivity index (χ0v) is 5.63. The number of fused-ring (bicyclic) bond motifs is 2. The fourth-order valence-electron chi connectivity index (χ4n) is 2.11. The van der Waals surface area contributed by atoms with E-state index >= 15 is 0 Å². The summed E-state index contributed by atoms with van der Waals surface area (Å²) >= 11 is 0. The van der Waals surface area contributed by atoms with E-state index in [4.69, 9.17) is 0 Å². The predicted octanol–water partition coefficient (Wildman–Crippen LogP) is 2.46. The summed E-state index contributed by atoms with van der Waals surface area (Å²) in [6.07, 6.45) is 3.66. The molecule has 0 radical (unpaired) electrons. The quantitative estimate of drug-likeness (QED) is 0.496. The lowest BCUT2D eigenvalue weighted by Crippen LogP contribution is -2.15. The summed E-state index contributed by atoms with van der Waals surface area (Å²) in [6, 6.07) is 0. The van der Waals surface area contributed by atoms with E-state index in [0.717, 1.165) is 12.8 Å². The van der Waals surface area contributed by atoms with Crippen molar-refractivity contribution in [1.82, 2.24) is 0 Å². The smallest absolute Gasteiger partial charge is 0.210 e. The zero-order chi connectivity index (χ0) is 7.14. The molecule has 0 aromatic rings. The van der Waals surface area contributed by atoms with Gasteiger partial charge in [0.05, 0.1) is 0 Å². The summed E-state index contributed by atoms with van der Waals surface area (Å²) in [5.41, 5.74) is 0. The molecule has 3 atom stereocenters. The monoisotopic (exact) mass is 144 g/mol. The molecule has 56 valence electrons. The minimum Gasteiger partial charge on any atom is -0.210 e. The molecular weight excluding hydrogens is 134 g/mol. The molecule has 2 bridgehead atoms. The first-order valence-corrected chi connectivity index (χ1v) is 3.74. The van der Waals surface area contributed by atoms with E-state index in [0.29, 0.717) is 5.92 Å². The first-order chi connectivity index (χ1) is 4.77. The maximum absolute atomic E-state index is 12.2. The van der Waals surface area contributed by atoms with Crippen molar-refractivity contribution in [2.45, 2.75) is 19.3 Å². The molecule has 3 unspecified atom stereocenters. The Kier molecular flexibility index (Phi) is 1.29. The van der Waals surface area contributed by atoms with Crippen LogP contribution in [-0.2, 0) is 0 Å². The van der Waals surface area contributed by atoms with E-state index in [2.05, 4.69) is 6.08 Å². The van der Waals surface area contributed by atoms with Crippen LogP contribution in [0, 0.1) is 17.8 Å². The molecule has 0 heterocycles. The van der Waals surface area contributed by atoms with Gasteiger partial charge in [0.1, 0.15) is 0 Å². The summed E-state index contributed by atoms with van der Waals surface area (Å²) in [4.78, 5) is 0. The van der Waals surface area contributed by atoms with E-state index in [1.807, 2.05) is 6.08 Å². The van der Waals surface area contributed by atoms with Crippen LogP contribution in [0.5, 0.6) is 0 Å². The van der Waals surface area contributed by atoms with Crippen LogP contribution in [-0.4, -0.2) is 6.43 Å². The molecule has 0 N–H and O–H groups in total. The molecular formula is C8H10F2. The highest BCUT2D eigenvalue weighted by Crippen LogP contribution is 2.45. The second-order valence-electron chi connectivity index (χ2n) is 3.28. The number of hydrogen-bond donors (Lipinski definition) is 0. The summed E-state index contributed by atoms with van der Waals surface area (Å²) < 4.78 is 24.3. The molecule has 10 heavy (non-hydrogen) atoms. The first kappa shape index (κ1) is 6.32. The average molecular weight is 144 g/mol. The van der Waals surface area contributed by atoms with Crippen LogP contribution in [0.15, 0.2) is 12.2 Å². The van der Waals surface area contributed by atoms with E-state index in [1.165, 1.54) is 0 Å². The lowest BCUT2D eigenvalue weighted by atomic mass is 9.94. The highest BCUT2D eigenvalue weighted by Gasteiger charge is 2.40. The SMILES string of the molecule is FC(F)C1CC2C=CC1C2. The maximum atomic E-state index is 12.2. The first-order valence-electron chi connectivity index (χ1n) is 3.74. The third-order valence-corrected chi connectivity index (χ3v) is 2.65. The highest BCUT2D eigenvalue weighted by atomic mass is 19.3. The van der Waals surface area contributed by atoms with Gasteiger partial charge in [0.2, 0.25) is 6.43 Å². The Morgan fingerprint density at radius 3 is 2.30 bits per heavy atom. The normalized spacial score (nSPS) is 43.7. The van der Waals surface area contributed by atoms with E-state index in [9.17, 15) is 8.78 Å². The molecule has 0 aromatic heterocycles. The Morgan fingerprint density at radius 2 is 2.00 bits per heavy atom. The summed E-state index contributed by atoms with van der Waals surface area (Å²) in [5, 5.41) is 0. The highest BCUT2D eigenvalue weighted by molar-refractivity contribution is 5.10. The van der Waals surface area contributed by atoms with E-state index in [1.54, 1.807) is 0 Å². The van der Waals surface area contributed by atoms with Gasteiger partial charge in [-0.1, -0.05) is 12.2 Å². The molecule has 1 fully saturated rings. The number of allylic oxidation sites excluding steroid dienone is 2. The standard InChI is InChI=1S/C8H10F2/c9-8(10)7-4-5-1-2-6(7)3-5/h1-2,5-8H,3-4H2. The number of alkyl halides is 2. The lowest BCUT2D eigenvalue weighted by molar-refractivity contribution is 0.0637. The van der Waals surface area contributed by atoms with Crippen LogP contribution in [0.25, 0.3) is 0 Å². The van der Waals surface area contributed by atoms with Crippen LogP contribution in [0.4, 0.5) is 8.78 Å². The van der Waals surface area contributed by atoms with Gasteiger partial charge in [-0.2, -0.15) is 0 Å². The van der Waals surface area contributed by atoms with Gasteiger partial charge in [0.25, 0.3) is 0 Å². The molecule has 0 aliphatic heterocycles. The van der Waals surface area contributed by atoms with Crippen molar-refractivity contribution in [2.75, 3.05) is 0 Å². The van der Waals surface area contributed by atoms with Crippen molar-refractivity contribution in [3.8, 4) is 0 Å². The van der Waals surface area contributed by atoms with Gasteiger partial charge in [-0.25, -0.2) is 8.78 Å². The Labute approximate surface area is 58.9 Å². The second-order valence-corrected chi connectivity index (χ2v) is 3.28. The van der Waals surface area contributed by atoms with Crippen LogP contribution >= 0.6 is 0 Å². The Morgan fingerprint density at radius 1 is 1.20 bits per heavy atom. The minimum absolute atomic E-state index is 0.199. The van der Waals surface area contributed by atoms with Crippen LogP contribution < -0.4 is 0 Å². The molecule has 2 aliphatic carbocycles. The second kappa shape index (κ2) is 2.04. The maximum Gasteiger partial charge on any atom is 0.242 e. The Hall–Kier alpha value is -0.400. The summed E-state index contributed by atoms with van der Waals surface area (Å²) in [5.74, 6) is 0.351. The average Bonchev–Trinajstić information content (AvgIpc) is 2.44. The van der Waals surface area contributed by atoms with Crippen molar-refractivity contribution in [3.05, 3.63) is 12.2 Å². The van der Waals surface area contributed by atoms with Gasteiger partial charge >= 0.3 is 0 Å². The van der Waals surface area contributed by atoms with Gasteiger partial charge in [-0.15, -0.1) is 0 Å². The molecule has 1 saturated carbocycles. The van der Waals surface area contributed by atoms with Crippen molar-refractivity contribution in [1.29, 1.82) is 0 Å². The number of halogens is 2. The van der Waals surface area contributed by atoms with Crippen molar-refractivity contribution in [2.24, 2.45) is 17.8 Å². The number of hydrogen-bond acceptors (Lipinski definition) is 0. The molecule has 0 saturated heterocycles. The lowest BCUT2D eigenvalue weighted by Gasteiger charge is -2.15. The third kappa shape index (κ3) is 0.780. The van der Waals surface area contributed by atoms with Gasteiger partial charge in [0, 0.05) is 5.92 Å². The molecule has 2 heteroatoms. The Bertz CT molecular complexity index is 163. The minimum atomic E-state index is -2.10. The van der Waals surface area contributed by atoms with Crippen LogP contribution in [0.1, 0.15) is 12.8 Å². The van der Waals surface area contributed by atoms with Crippen LogP contribution in [0.3, 0.4) is 0 Å². The summed E-state index contributed by atoms with van der Waals surface area (Å²) in [6.45, 7) is 0. The topological polar surface area (TPSA) is 0 Å². The molecule has 0 spiro atoms. The van der Waals surface area contributed by atoms with Gasteiger partial charge in [-0.3, -0.25) is 0 Å². The number of rotatable bonds is 1. The molecule has 0 amide bonds. The largest absolute Gasteiger partial charge is 0.242 e. The Balaban J connectivity index is 2.09. The van der Waals surface area contributed by atoms with Crippen molar-refractivity contribution in [3.63, 3.8) is 0 Å². The zero-order valence-electron chi connectivity index (χ0n) is 5.63. The van der Waals surface area contributed by atoms with Gasteiger partial charge in [-0.05, 0) is 24.7 Å². The van der Waals surface area contributed by atoms with Crippen molar-refractivity contribution >= 4 is 0 Å².